The summed E-state index contributed by atoms with van der Waals surface area (Å²) < 4.78 is 70.4. The molecule has 7 nitrogen and oxygen atoms in total. The van der Waals surface area contributed by atoms with Crippen molar-refractivity contribution in [1.82, 2.24) is 14.9 Å². The van der Waals surface area contributed by atoms with Crippen LogP contribution in [0.2, 0.25) is 0 Å². The van der Waals surface area contributed by atoms with E-state index in [1.54, 1.807) is 12.1 Å². The van der Waals surface area contributed by atoms with Crippen LogP contribution in [-0.4, -0.2) is 57.3 Å². The van der Waals surface area contributed by atoms with Gasteiger partial charge in [-0.3, -0.25) is 0 Å². The normalized spacial score (nSPS) is 23.7. The lowest BCUT2D eigenvalue weighted by atomic mass is 9.85. The largest absolute Gasteiger partial charge is 0.391 e. The van der Waals surface area contributed by atoms with E-state index in [4.69, 9.17) is 4.74 Å². The first-order valence-corrected chi connectivity index (χ1v) is 11.4. The van der Waals surface area contributed by atoms with Gasteiger partial charge < -0.3 is 15.4 Å². The maximum Gasteiger partial charge on any atom is 0.391 e. The summed E-state index contributed by atoms with van der Waals surface area (Å²) in [6.45, 7) is 1.48. The summed E-state index contributed by atoms with van der Waals surface area (Å²) >= 11 is 0. The van der Waals surface area contributed by atoms with Gasteiger partial charge >= 0.3 is 12.2 Å². The Morgan fingerprint density at radius 2 is 1.80 bits per heavy atom. The van der Waals surface area contributed by atoms with Crippen molar-refractivity contribution in [1.29, 1.82) is 0 Å². The minimum atomic E-state index is -4.24. The van der Waals surface area contributed by atoms with Crippen molar-refractivity contribution in [2.75, 3.05) is 26.3 Å². The van der Waals surface area contributed by atoms with Gasteiger partial charge in [-0.15, -0.1) is 0 Å². The number of halogens is 3. The van der Waals surface area contributed by atoms with Crippen LogP contribution in [0.5, 0.6) is 0 Å². The van der Waals surface area contributed by atoms with Gasteiger partial charge in [0, 0.05) is 25.7 Å². The molecular formula is C19H26F3N3O4S. The van der Waals surface area contributed by atoms with Crippen LogP contribution in [0.25, 0.3) is 0 Å². The number of nitrogens with zero attached hydrogens (tertiary/aromatic N) is 1. The summed E-state index contributed by atoms with van der Waals surface area (Å²) in [5, 5.41) is 5.22. The van der Waals surface area contributed by atoms with Crippen LogP contribution in [0, 0.1) is 5.92 Å². The Balaban J connectivity index is 1.49. The third-order valence-corrected chi connectivity index (χ3v) is 7.37. The first-order valence-electron chi connectivity index (χ1n) is 9.94. The molecule has 168 valence electrons. The number of urea groups is 1. The van der Waals surface area contributed by atoms with Crippen molar-refractivity contribution in [3.8, 4) is 0 Å². The highest BCUT2D eigenvalue weighted by Crippen LogP contribution is 2.37. The zero-order valence-corrected chi connectivity index (χ0v) is 17.3. The molecule has 1 saturated heterocycles. The topological polar surface area (TPSA) is 87.7 Å². The molecule has 1 aromatic carbocycles. The summed E-state index contributed by atoms with van der Waals surface area (Å²) in [6.07, 6.45) is -3.30. The fraction of sp³-hybridized carbons (Fsp3) is 0.632. The van der Waals surface area contributed by atoms with Gasteiger partial charge in [-0.25, -0.2) is 13.2 Å². The van der Waals surface area contributed by atoms with E-state index < -0.39 is 34.2 Å². The predicted molar refractivity (Wildman–Crippen MR) is 103 cm³/mol. The molecule has 30 heavy (non-hydrogen) atoms. The van der Waals surface area contributed by atoms with E-state index in [0.29, 0.717) is 44.7 Å². The number of sulfonamides is 1. The summed E-state index contributed by atoms with van der Waals surface area (Å²) in [5.74, 6) is -1.38. The number of nitrogens with one attached hydrogen (secondary N) is 2. The van der Waals surface area contributed by atoms with Crippen molar-refractivity contribution in [3.63, 3.8) is 0 Å². The second-order valence-electron chi connectivity index (χ2n) is 7.59. The van der Waals surface area contributed by atoms with Crippen LogP contribution in [0.1, 0.15) is 31.2 Å². The molecule has 0 spiro atoms. The monoisotopic (exact) mass is 449 g/mol. The van der Waals surface area contributed by atoms with Gasteiger partial charge in [-0.1, -0.05) is 18.6 Å². The molecule has 1 heterocycles. The molecule has 0 bridgehead atoms. The number of alkyl halides is 3. The van der Waals surface area contributed by atoms with Gasteiger partial charge in [0.1, 0.15) is 0 Å². The molecule has 1 aliphatic carbocycles. The van der Waals surface area contributed by atoms with Gasteiger partial charge in [0.05, 0.1) is 24.0 Å². The van der Waals surface area contributed by atoms with E-state index in [0.717, 1.165) is 0 Å². The molecule has 1 saturated carbocycles. The number of amides is 2. The number of ether oxygens (including phenoxy) is 1. The number of carbonyl (C=O) groups is 1. The van der Waals surface area contributed by atoms with Gasteiger partial charge in [0.15, 0.2) is 0 Å². The zero-order valence-electron chi connectivity index (χ0n) is 16.5. The van der Waals surface area contributed by atoms with Crippen molar-refractivity contribution in [2.24, 2.45) is 5.92 Å². The first-order chi connectivity index (χ1) is 14.2. The maximum absolute atomic E-state index is 12.9. The fourth-order valence-electron chi connectivity index (χ4n) is 3.75. The van der Waals surface area contributed by atoms with Crippen molar-refractivity contribution < 1.29 is 31.1 Å². The lowest BCUT2D eigenvalue weighted by molar-refractivity contribution is -0.183. The molecule has 2 N–H and O–H groups in total. The molecule has 2 fully saturated rings. The Bertz CT molecular complexity index is 824. The second kappa shape index (κ2) is 9.52. The third kappa shape index (κ3) is 5.86. The highest BCUT2D eigenvalue weighted by Gasteiger charge is 2.42. The molecular weight excluding hydrogens is 423 g/mol. The van der Waals surface area contributed by atoms with E-state index in [1.807, 2.05) is 0 Å². The summed E-state index contributed by atoms with van der Waals surface area (Å²) in [6, 6.07) is 5.13. The second-order valence-corrected chi connectivity index (χ2v) is 9.53. The molecule has 2 atom stereocenters. The number of rotatable bonds is 5. The number of morpholine rings is 1. The number of hydrogen-bond donors (Lipinski definition) is 2. The van der Waals surface area contributed by atoms with Crippen LogP contribution in [0.4, 0.5) is 18.0 Å². The molecule has 1 aliphatic heterocycles. The van der Waals surface area contributed by atoms with Crippen LogP contribution in [-0.2, 0) is 21.3 Å². The van der Waals surface area contributed by atoms with Gasteiger partial charge in [0.2, 0.25) is 10.0 Å². The molecule has 1 aromatic rings. The molecule has 2 unspecified atom stereocenters. The van der Waals surface area contributed by atoms with E-state index in [1.165, 1.54) is 16.4 Å². The van der Waals surface area contributed by atoms with E-state index >= 15 is 0 Å². The lowest BCUT2D eigenvalue weighted by Crippen LogP contribution is -2.45. The van der Waals surface area contributed by atoms with E-state index in [2.05, 4.69) is 10.6 Å². The highest BCUT2D eigenvalue weighted by atomic mass is 32.2. The average molecular weight is 449 g/mol. The maximum atomic E-state index is 12.9. The summed E-state index contributed by atoms with van der Waals surface area (Å²) in [5.41, 5.74) is 0.683. The Hall–Kier alpha value is -1.85. The Morgan fingerprint density at radius 1 is 1.13 bits per heavy atom. The van der Waals surface area contributed by atoms with E-state index in [9.17, 15) is 26.4 Å². The summed E-state index contributed by atoms with van der Waals surface area (Å²) in [7, 11) is -3.58. The zero-order chi connectivity index (χ0) is 21.8. The SMILES string of the molecule is O=C(NCc1ccc(S(=O)(=O)N2CCOCC2)cc1)NC1CCCC(C(F)(F)F)C1. The Morgan fingerprint density at radius 3 is 2.43 bits per heavy atom. The average Bonchev–Trinajstić information content (AvgIpc) is 2.73. The van der Waals surface area contributed by atoms with Crippen molar-refractivity contribution >= 4 is 16.1 Å². The summed E-state index contributed by atoms with van der Waals surface area (Å²) in [4.78, 5) is 12.2. The molecule has 11 heteroatoms. The van der Waals surface area contributed by atoms with Crippen LogP contribution >= 0.6 is 0 Å². The molecule has 0 radical (unpaired) electrons. The standard InChI is InChI=1S/C19H26F3N3O4S/c20-19(21,22)15-2-1-3-16(12-15)24-18(26)23-13-14-4-6-17(7-5-14)30(27,28)25-8-10-29-11-9-25/h4-7,15-16H,1-3,8-13H2,(H2,23,24,26). The number of hydrogen-bond acceptors (Lipinski definition) is 4. The van der Waals surface area contributed by atoms with E-state index in [-0.39, 0.29) is 24.3 Å². The Kier molecular flexibility index (Phi) is 7.25. The molecule has 0 aromatic heterocycles. The first kappa shape index (κ1) is 22.8. The van der Waals surface area contributed by atoms with Crippen LogP contribution < -0.4 is 10.6 Å². The molecule has 3 rings (SSSR count). The number of benzene rings is 1. The van der Waals surface area contributed by atoms with Crippen LogP contribution in [0.15, 0.2) is 29.2 Å². The molecule has 2 amide bonds. The van der Waals surface area contributed by atoms with Crippen LogP contribution in [0.3, 0.4) is 0 Å². The Labute approximate surface area is 174 Å². The van der Waals surface area contributed by atoms with Gasteiger partial charge in [-0.05, 0) is 37.0 Å². The lowest BCUT2D eigenvalue weighted by Gasteiger charge is -2.31. The van der Waals surface area contributed by atoms with Gasteiger partial charge in [0.25, 0.3) is 0 Å². The quantitative estimate of drug-likeness (QED) is 0.724. The predicted octanol–water partition coefficient (Wildman–Crippen LogP) is 2.63. The number of carbonyl (C=O) groups excluding carboxylic acids is 1. The van der Waals surface area contributed by atoms with Crippen molar-refractivity contribution in [3.05, 3.63) is 29.8 Å². The minimum absolute atomic E-state index is 0.100. The minimum Gasteiger partial charge on any atom is -0.379 e. The third-order valence-electron chi connectivity index (χ3n) is 5.46. The molecule has 2 aliphatic rings. The van der Waals surface area contributed by atoms with Crippen molar-refractivity contribution in [2.45, 2.75) is 49.3 Å². The fourth-order valence-corrected chi connectivity index (χ4v) is 5.16. The highest BCUT2D eigenvalue weighted by molar-refractivity contribution is 7.89. The smallest absolute Gasteiger partial charge is 0.379 e. The van der Waals surface area contributed by atoms with Gasteiger partial charge in [-0.2, -0.15) is 17.5 Å².